The van der Waals surface area contributed by atoms with Crippen molar-refractivity contribution in [1.82, 2.24) is 10.1 Å². The maximum absolute atomic E-state index is 11.9. The number of hydrogen-bond acceptors (Lipinski definition) is 5. The molecule has 21 heavy (non-hydrogen) atoms. The summed E-state index contributed by atoms with van der Waals surface area (Å²) in [5.74, 6) is 0.546. The number of aromatic nitrogens is 2. The molecule has 0 spiro atoms. The molecule has 114 valence electrons. The molecular weight excluding hydrogens is 289 g/mol. The summed E-state index contributed by atoms with van der Waals surface area (Å²) in [7, 11) is 0. The molecule has 0 atom stereocenters. The van der Waals surface area contributed by atoms with E-state index in [1.54, 1.807) is 19.1 Å². The van der Waals surface area contributed by atoms with Gasteiger partial charge in [-0.05, 0) is 19.1 Å². The average molecular weight is 302 g/mol. The molecule has 0 radical (unpaired) electrons. The molecule has 0 aliphatic rings. The van der Waals surface area contributed by atoms with Crippen LogP contribution in [0.5, 0.6) is 5.75 Å². The molecule has 1 aromatic carbocycles. The third kappa shape index (κ3) is 4.19. The summed E-state index contributed by atoms with van der Waals surface area (Å²) in [6.07, 6.45) is -4.24. The highest BCUT2D eigenvalue weighted by Crippen LogP contribution is 2.27. The van der Waals surface area contributed by atoms with Crippen LogP contribution in [0.2, 0.25) is 0 Å². The lowest BCUT2D eigenvalue weighted by atomic mass is 10.1. The Morgan fingerprint density at radius 2 is 2.10 bits per heavy atom. The molecule has 0 amide bonds. The largest absolute Gasteiger partial charge is 0.508 e. The number of ether oxygens (including phenoxy) is 1. The minimum atomic E-state index is -4.35. The summed E-state index contributed by atoms with van der Waals surface area (Å²) in [5.41, 5.74) is 1.16. The minimum Gasteiger partial charge on any atom is -0.508 e. The van der Waals surface area contributed by atoms with Crippen molar-refractivity contribution in [2.45, 2.75) is 19.5 Å². The van der Waals surface area contributed by atoms with Crippen LogP contribution >= 0.6 is 0 Å². The van der Waals surface area contributed by atoms with Gasteiger partial charge in [0.05, 0.1) is 6.61 Å². The van der Waals surface area contributed by atoms with E-state index in [4.69, 9.17) is 4.52 Å². The van der Waals surface area contributed by atoms with Gasteiger partial charge in [0.1, 0.15) is 12.4 Å². The van der Waals surface area contributed by atoms with Crippen molar-refractivity contribution in [2.75, 3.05) is 13.2 Å². The molecule has 1 N–H and O–H groups in total. The summed E-state index contributed by atoms with van der Waals surface area (Å²) in [5, 5.41) is 13.3. The van der Waals surface area contributed by atoms with Crippen LogP contribution in [0.15, 0.2) is 22.7 Å². The van der Waals surface area contributed by atoms with E-state index in [9.17, 15) is 18.3 Å². The van der Waals surface area contributed by atoms with E-state index in [1.807, 2.05) is 0 Å². The second-order valence-corrected chi connectivity index (χ2v) is 4.38. The van der Waals surface area contributed by atoms with Crippen LogP contribution in [0.1, 0.15) is 11.4 Å². The molecule has 5 nitrogen and oxygen atoms in total. The molecule has 1 aromatic heterocycles. The van der Waals surface area contributed by atoms with E-state index in [2.05, 4.69) is 14.9 Å². The summed E-state index contributed by atoms with van der Waals surface area (Å²) in [6.45, 7) is 0.238. The molecule has 2 aromatic rings. The highest BCUT2D eigenvalue weighted by Gasteiger charge is 2.27. The van der Waals surface area contributed by atoms with Crippen LogP contribution in [-0.2, 0) is 11.2 Å². The molecule has 2 rings (SSSR count). The molecule has 0 saturated carbocycles. The number of hydrogen-bond donors (Lipinski definition) is 1. The Hall–Kier alpha value is -2.09. The van der Waals surface area contributed by atoms with Gasteiger partial charge in [-0.3, -0.25) is 0 Å². The predicted molar refractivity (Wildman–Crippen MR) is 66.7 cm³/mol. The topological polar surface area (TPSA) is 68.4 Å². The number of phenolic OH excluding ortho intramolecular Hbond substituents is 1. The van der Waals surface area contributed by atoms with E-state index >= 15 is 0 Å². The van der Waals surface area contributed by atoms with Gasteiger partial charge in [-0.15, -0.1) is 0 Å². The monoisotopic (exact) mass is 302 g/mol. The normalized spacial score (nSPS) is 11.8. The Balaban J connectivity index is 1.97. The van der Waals surface area contributed by atoms with Crippen molar-refractivity contribution < 1.29 is 27.5 Å². The first-order chi connectivity index (χ1) is 9.87. The third-order valence-electron chi connectivity index (χ3n) is 2.74. The highest BCUT2D eigenvalue weighted by atomic mass is 19.4. The number of phenols is 1. The summed E-state index contributed by atoms with van der Waals surface area (Å²) in [6, 6.07) is 4.86. The number of halogens is 3. The van der Waals surface area contributed by atoms with E-state index in [0.29, 0.717) is 11.1 Å². The second kappa shape index (κ2) is 6.13. The number of nitrogens with zero attached hydrogens (tertiary/aromatic N) is 2. The summed E-state index contributed by atoms with van der Waals surface area (Å²) >= 11 is 0. The van der Waals surface area contributed by atoms with E-state index in [-0.39, 0.29) is 30.5 Å². The number of benzene rings is 1. The smallest absolute Gasteiger partial charge is 0.411 e. The van der Waals surface area contributed by atoms with Gasteiger partial charge in [-0.25, -0.2) is 0 Å². The van der Waals surface area contributed by atoms with Crippen LogP contribution in [0.25, 0.3) is 11.5 Å². The Morgan fingerprint density at radius 3 is 2.81 bits per heavy atom. The van der Waals surface area contributed by atoms with Gasteiger partial charge in [0.2, 0.25) is 0 Å². The lowest BCUT2D eigenvalue weighted by Crippen LogP contribution is -2.18. The third-order valence-corrected chi connectivity index (χ3v) is 2.74. The van der Waals surface area contributed by atoms with Gasteiger partial charge in [0.15, 0.2) is 5.82 Å². The molecule has 0 saturated heterocycles. The van der Waals surface area contributed by atoms with Crippen LogP contribution in [0.4, 0.5) is 13.2 Å². The van der Waals surface area contributed by atoms with Crippen molar-refractivity contribution in [1.29, 1.82) is 0 Å². The van der Waals surface area contributed by atoms with Gasteiger partial charge < -0.3 is 14.4 Å². The predicted octanol–water partition coefficient (Wildman–Crippen LogP) is 2.87. The maximum atomic E-state index is 11.9. The van der Waals surface area contributed by atoms with E-state index in [0.717, 1.165) is 0 Å². The Labute approximate surface area is 118 Å². The second-order valence-electron chi connectivity index (χ2n) is 4.38. The zero-order valence-corrected chi connectivity index (χ0v) is 11.1. The lowest BCUT2D eigenvalue weighted by Gasteiger charge is -2.05. The molecule has 0 fully saturated rings. The van der Waals surface area contributed by atoms with Crippen LogP contribution in [0.3, 0.4) is 0 Å². The van der Waals surface area contributed by atoms with Gasteiger partial charge in [0.25, 0.3) is 5.89 Å². The van der Waals surface area contributed by atoms with Gasteiger partial charge in [-0.2, -0.15) is 18.2 Å². The van der Waals surface area contributed by atoms with Gasteiger partial charge in [0, 0.05) is 17.5 Å². The molecule has 0 unspecified atom stereocenters. The molecule has 0 bridgehead atoms. The zero-order chi connectivity index (χ0) is 15.5. The molecule has 8 heteroatoms. The van der Waals surface area contributed by atoms with Crippen molar-refractivity contribution in [3.8, 4) is 17.2 Å². The fourth-order valence-corrected chi connectivity index (χ4v) is 1.67. The van der Waals surface area contributed by atoms with Crippen molar-refractivity contribution in [2.24, 2.45) is 0 Å². The van der Waals surface area contributed by atoms with Crippen molar-refractivity contribution >= 4 is 0 Å². The molecule has 1 heterocycles. The summed E-state index contributed by atoms with van der Waals surface area (Å²) < 4.78 is 45.2. The standard InChI is InChI=1S/C13H13F3N2O3/c1-8-9(3-2-4-10(8)19)12-17-11(18-21-12)5-6-20-7-13(14,15)16/h2-4,19H,5-7H2,1H3. The number of rotatable bonds is 5. The van der Waals surface area contributed by atoms with Gasteiger partial charge >= 0.3 is 6.18 Å². The summed E-state index contributed by atoms with van der Waals surface area (Å²) in [4.78, 5) is 4.07. The van der Waals surface area contributed by atoms with Crippen LogP contribution in [0, 0.1) is 6.92 Å². The number of alkyl halides is 3. The Bertz CT molecular complexity index is 611. The fraction of sp³-hybridized carbons (Fsp3) is 0.385. The maximum Gasteiger partial charge on any atom is 0.411 e. The van der Waals surface area contributed by atoms with Gasteiger partial charge in [-0.1, -0.05) is 11.2 Å². The Kier molecular flexibility index (Phi) is 4.46. The number of aromatic hydroxyl groups is 1. The molecule has 0 aliphatic carbocycles. The van der Waals surface area contributed by atoms with Crippen LogP contribution in [-0.4, -0.2) is 34.6 Å². The van der Waals surface area contributed by atoms with Crippen molar-refractivity contribution in [3.05, 3.63) is 29.6 Å². The first kappa shape index (κ1) is 15.3. The first-order valence-electron chi connectivity index (χ1n) is 6.13. The van der Waals surface area contributed by atoms with Crippen LogP contribution < -0.4 is 0 Å². The highest BCUT2D eigenvalue weighted by molar-refractivity contribution is 5.61. The Morgan fingerprint density at radius 1 is 1.33 bits per heavy atom. The average Bonchev–Trinajstić information content (AvgIpc) is 2.85. The SMILES string of the molecule is Cc1c(O)cccc1-c1nc(CCOCC(F)(F)F)no1. The quantitative estimate of drug-likeness (QED) is 0.860. The van der Waals surface area contributed by atoms with E-state index < -0.39 is 12.8 Å². The molecule has 0 aliphatic heterocycles. The minimum absolute atomic E-state index is 0.0979. The zero-order valence-electron chi connectivity index (χ0n) is 11.1. The van der Waals surface area contributed by atoms with Crippen molar-refractivity contribution in [3.63, 3.8) is 0 Å². The first-order valence-corrected chi connectivity index (χ1v) is 6.13. The molecular formula is C13H13F3N2O3. The fourth-order valence-electron chi connectivity index (χ4n) is 1.67. The lowest BCUT2D eigenvalue weighted by molar-refractivity contribution is -0.173. The van der Waals surface area contributed by atoms with E-state index in [1.165, 1.54) is 6.07 Å².